The van der Waals surface area contributed by atoms with E-state index < -0.39 is 25.5 Å². The fourth-order valence-corrected chi connectivity index (χ4v) is 7.28. The first-order chi connectivity index (χ1) is 20.6. The minimum Gasteiger partial charge on any atom is -0.350 e. The van der Waals surface area contributed by atoms with Gasteiger partial charge in [0.05, 0.1) is 0 Å². The first-order valence-electron chi connectivity index (χ1n) is 14.8. The van der Waals surface area contributed by atoms with Crippen LogP contribution in [0.15, 0.2) is 120 Å². The summed E-state index contributed by atoms with van der Waals surface area (Å²) in [6, 6.07) is 37.7. The molecule has 6 heteroatoms. The molecule has 4 aromatic carbocycles. The van der Waals surface area contributed by atoms with Crippen LogP contribution in [0, 0.1) is 5.92 Å². The molecule has 4 aromatic rings. The van der Waals surface area contributed by atoms with Gasteiger partial charge in [-0.05, 0) is 56.1 Å². The van der Waals surface area contributed by atoms with Gasteiger partial charge in [0.15, 0.2) is 0 Å². The maximum absolute atomic E-state index is 13.7. The molecule has 2 N–H and O–H groups in total. The fraction of sp³-hybridized carbons (Fsp3) is 0.270. The van der Waals surface area contributed by atoms with Gasteiger partial charge < -0.3 is 10.6 Å². The molecule has 0 aliphatic heterocycles. The number of rotatable bonds is 11. The zero-order valence-corrected chi connectivity index (χ0v) is 26.6. The summed E-state index contributed by atoms with van der Waals surface area (Å²) in [7, 11) is -0.837. The number of carbonyl (C=O) groups is 2. The van der Waals surface area contributed by atoms with Gasteiger partial charge in [0, 0.05) is 23.7 Å². The highest BCUT2D eigenvalue weighted by molar-refractivity contribution is 7.80. The summed E-state index contributed by atoms with van der Waals surface area (Å²) in [6.07, 6.45) is 2.23. The summed E-state index contributed by atoms with van der Waals surface area (Å²) in [5, 5.41) is 9.73. The third-order valence-corrected chi connectivity index (χ3v) is 9.41. The Hall–Kier alpha value is -4.08. The van der Waals surface area contributed by atoms with Crippen molar-refractivity contribution in [2.24, 2.45) is 10.9 Å². The molecule has 2 atom stereocenters. The predicted octanol–water partition coefficient (Wildman–Crippen LogP) is 5.53. The molecule has 43 heavy (non-hydrogen) atoms. The number of carbonyl (C=O) groups excluding carboxylic acids is 2. The molecule has 222 valence electrons. The lowest BCUT2D eigenvalue weighted by Gasteiger charge is -2.27. The molecule has 5 nitrogen and oxygen atoms in total. The van der Waals surface area contributed by atoms with Gasteiger partial charge in [-0.2, -0.15) is 0 Å². The summed E-state index contributed by atoms with van der Waals surface area (Å²) in [5.74, 6) is -0.545. The van der Waals surface area contributed by atoms with Crippen molar-refractivity contribution in [1.82, 2.24) is 10.6 Å². The molecule has 0 unspecified atom stereocenters. The van der Waals surface area contributed by atoms with E-state index in [1.165, 1.54) is 15.9 Å². The van der Waals surface area contributed by atoms with E-state index in [1.54, 1.807) is 0 Å². The predicted molar refractivity (Wildman–Crippen MR) is 181 cm³/mol. The van der Waals surface area contributed by atoms with Crippen LogP contribution in [0.1, 0.15) is 45.7 Å². The second-order valence-corrected chi connectivity index (χ2v) is 14.2. The van der Waals surface area contributed by atoms with Crippen LogP contribution in [0.4, 0.5) is 0 Å². The second-order valence-electron chi connectivity index (χ2n) is 12.0. The fourth-order valence-electron chi connectivity index (χ4n) is 4.86. The van der Waals surface area contributed by atoms with Gasteiger partial charge in [0.1, 0.15) is 12.1 Å². The van der Waals surface area contributed by atoms with Crippen molar-refractivity contribution in [3.63, 3.8) is 0 Å². The van der Waals surface area contributed by atoms with Crippen LogP contribution in [-0.2, 0) is 16.0 Å². The first kappa shape index (κ1) is 31.8. The molecular weight excluding hydrogens is 549 g/mol. The Morgan fingerprint density at radius 2 is 1.26 bits per heavy atom. The van der Waals surface area contributed by atoms with Crippen molar-refractivity contribution < 1.29 is 9.59 Å². The van der Waals surface area contributed by atoms with Gasteiger partial charge in [0.25, 0.3) is 0 Å². The smallest absolute Gasteiger partial charge is 0.245 e. The van der Waals surface area contributed by atoms with Crippen molar-refractivity contribution >= 4 is 41.9 Å². The zero-order valence-electron chi connectivity index (χ0n) is 25.7. The summed E-state index contributed by atoms with van der Waals surface area (Å²) < 4.78 is 0. The van der Waals surface area contributed by atoms with Crippen LogP contribution < -0.4 is 26.5 Å². The molecule has 0 heterocycles. The van der Waals surface area contributed by atoms with Gasteiger partial charge in [0.2, 0.25) is 11.8 Å². The Bertz CT molecular complexity index is 1460. The molecule has 2 amide bonds. The van der Waals surface area contributed by atoms with E-state index in [-0.39, 0.29) is 17.7 Å². The quantitative estimate of drug-likeness (QED) is 0.178. The molecule has 0 spiro atoms. The molecule has 0 saturated heterocycles. The summed E-state index contributed by atoms with van der Waals surface area (Å²) >= 11 is 0. The highest BCUT2D eigenvalue weighted by atomic mass is 31.1. The van der Waals surface area contributed by atoms with E-state index in [1.807, 2.05) is 89.4 Å². The Morgan fingerprint density at radius 3 is 1.79 bits per heavy atom. The minimum absolute atomic E-state index is 0.0729. The average Bonchev–Trinajstić information content (AvgIpc) is 2.98. The third-order valence-electron chi connectivity index (χ3n) is 6.89. The second kappa shape index (κ2) is 14.9. The van der Waals surface area contributed by atoms with Crippen molar-refractivity contribution in [2.45, 2.75) is 58.7 Å². The van der Waals surface area contributed by atoms with Crippen LogP contribution in [0.3, 0.4) is 0 Å². The lowest BCUT2D eigenvalue weighted by atomic mass is 10.0. The van der Waals surface area contributed by atoms with Crippen molar-refractivity contribution in [3.05, 3.63) is 126 Å². The van der Waals surface area contributed by atoms with Gasteiger partial charge in [-0.15, -0.1) is 0 Å². The summed E-state index contributed by atoms with van der Waals surface area (Å²) in [4.78, 5) is 31.9. The Balaban J connectivity index is 1.63. The van der Waals surface area contributed by atoms with E-state index >= 15 is 0 Å². The number of aliphatic imine (C=N–C) groups is 1. The molecule has 4 rings (SSSR count). The molecule has 0 aromatic heterocycles. The van der Waals surface area contributed by atoms with Crippen LogP contribution >= 0.6 is 7.92 Å². The Kier molecular flexibility index (Phi) is 11.0. The molecule has 0 radical (unpaired) electrons. The average molecular weight is 592 g/mol. The number of nitrogens with one attached hydrogen (secondary N) is 2. The topological polar surface area (TPSA) is 70.6 Å². The summed E-state index contributed by atoms with van der Waals surface area (Å²) in [6.45, 7) is 9.77. The highest BCUT2D eigenvalue weighted by Crippen LogP contribution is 2.33. The van der Waals surface area contributed by atoms with Crippen molar-refractivity contribution in [2.75, 3.05) is 0 Å². The van der Waals surface area contributed by atoms with Crippen LogP contribution in [0.2, 0.25) is 0 Å². The lowest BCUT2D eigenvalue weighted by molar-refractivity contribution is -0.130. The van der Waals surface area contributed by atoms with E-state index in [0.29, 0.717) is 6.42 Å². The zero-order chi connectivity index (χ0) is 30.8. The SMILES string of the molecule is CC(C)[C@H](N=Cc1ccccc1P(c1ccccc1)c1ccccc1)C(=O)N[C@@H](Cc1ccccc1)C(=O)NC(C)(C)C. The lowest BCUT2D eigenvalue weighted by Crippen LogP contribution is -2.54. The monoisotopic (exact) mass is 591 g/mol. The van der Waals surface area contributed by atoms with E-state index in [4.69, 9.17) is 4.99 Å². The van der Waals surface area contributed by atoms with E-state index in [9.17, 15) is 9.59 Å². The molecule has 0 aliphatic rings. The van der Waals surface area contributed by atoms with Crippen LogP contribution in [0.25, 0.3) is 0 Å². The third kappa shape index (κ3) is 9.20. The van der Waals surface area contributed by atoms with Gasteiger partial charge in [-0.3, -0.25) is 14.6 Å². The molecule has 0 aliphatic carbocycles. The molecular formula is C37H42N3O2P. The first-order valence-corrected chi connectivity index (χ1v) is 16.2. The van der Waals surface area contributed by atoms with Crippen molar-refractivity contribution in [1.29, 1.82) is 0 Å². The van der Waals surface area contributed by atoms with Crippen LogP contribution in [-0.4, -0.2) is 35.7 Å². The van der Waals surface area contributed by atoms with E-state index in [0.717, 1.165) is 11.1 Å². The summed E-state index contributed by atoms with van der Waals surface area (Å²) in [5.41, 5.74) is 1.53. The number of nitrogens with zero attached hydrogens (tertiary/aromatic N) is 1. The number of amides is 2. The minimum atomic E-state index is -0.837. The van der Waals surface area contributed by atoms with Gasteiger partial charge >= 0.3 is 0 Å². The normalized spacial score (nSPS) is 13.2. The van der Waals surface area contributed by atoms with Gasteiger partial charge in [-0.1, -0.05) is 129 Å². The van der Waals surface area contributed by atoms with E-state index in [2.05, 4.69) is 77.4 Å². The number of hydrogen-bond donors (Lipinski definition) is 2. The van der Waals surface area contributed by atoms with Crippen LogP contribution in [0.5, 0.6) is 0 Å². The number of hydrogen-bond acceptors (Lipinski definition) is 3. The van der Waals surface area contributed by atoms with Crippen molar-refractivity contribution in [3.8, 4) is 0 Å². The largest absolute Gasteiger partial charge is 0.350 e. The highest BCUT2D eigenvalue weighted by Gasteiger charge is 2.29. The molecule has 0 fully saturated rings. The maximum atomic E-state index is 13.7. The maximum Gasteiger partial charge on any atom is 0.245 e. The Labute approximate surface area is 257 Å². The Morgan fingerprint density at radius 1 is 0.744 bits per heavy atom. The molecule has 0 saturated carbocycles. The standard InChI is InChI=1S/C37H42N3O2P/c1-27(2)34(36(42)39-32(35(41)40-37(3,4)5)25-28-17-9-6-10-18-28)38-26-29-19-15-16-24-33(29)43(30-20-11-7-12-21-30)31-22-13-8-14-23-31/h6-24,26-27,32,34H,25H2,1-5H3,(H,39,42)(H,40,41)/t32-,34-/m0/s1. The van der Waals surface area contributed by atoms with Gasteiger partial charge in [-0.25, -0.2) is 0 Å². The molecule has 0 bridgehead atoms. The number of benzene rings is 4.